The van der Waals surface area contributed by atoms with Gasteiger partial charge in [0.2, 0.25) is 0 Å². The molecule has 0 aromatic carbocycles. The Labute approximate surface area is 102 Å². The number of aromatic nitrogens is 1. The van der Waals surface area contributed by atoms with Gasteiger partial charge in [0.05, 0.1) is 0 Å². The largest absolute Gasteiger partial charge is 0.360 e. The average Bonchev–Trinajstić information content (AvgIpc) is 3.05. The van der Waals surface area contributed by atoms with E-state index >= 15 is 0 Å². The molecule has 0 spiro atoms. The highest BCUT2D eigenvalue weighted by Crippen LogP contribution is 2.40. The van der Waals surface area contributed by atoms with E-state index in [1.165, 1.54) is 0 Å². The van der Waals surface area contributed by atoms with Crippen LogP contribution in [0, 0.1) is 5.92 Å². The number of nitrogens with zero attached hydrogens (tertiary/aromatic N) is 1. The van der Waals surface area contributed by atoms with E-state index in [-0.39, 0.29) is 11.9 Å². The highest BCUT2D eigenvalue weighted by molar-refractivity contribution is 5.92. The molecule has 2 rings (SSSR count). The second-order valence-corrected chi connectivity index (χ2v) is 5.04. The van der Waals surface area contributed by atoms with E-state index < -0.39 is 0 Å². The second-order valence-electron chi connectivity index (χ2n) is 5.04. The van der Waals surface area contributed by atoms with Crippen LogP contribution in [0.1, 0.15) is 62.2 Å². The zero-order valence-electron chi connectivity index (χ0n) is 10.7. The van der Waals surface area contributed by atoms with Gasteiger partial charge >= 0.3 is 0 Å². The van der Waals surface area contributed by atoms with E-state index in [1.807, 2.05) is 6.92 Å². The molecule has 1 N–H and O–H groups in total. The summed E-state index contributed by atoms with van der Waals surface area (Å²) in [6, 6.07) is 1.93. The molecular formula is C13H20N2O2. The van der Waals surface area contributed by atoms with Gasteiger partial charge in [0, 0.05) is 18.0 Å². The lowest BCUT2D eigenvalue weighted by Gasteiger charge is -2.18. The Kier molecular flexibility index (Phi) is 3.50. The summed E-state index contributed by atoms with van der Waals surface area (Å²) in [6.07, 6.45) is 3.35. The van der Waals surface area contributed by atoms with Crippen molar-refractivity contribution in [3.05, 3.63) is 17.5 Å². The number of carbonyl (C=O) groups is 1. The maximum absolute atomic E-state index is 11.9. The van der Waals surface area contributed by atoms with Crippen molar-refractivity contribution >= 4 is 5.91 Å². The Hall–Kier alpha value is -1.32. The summed E-state index contributed by atoms with van der Waals surface area (Å²) >= 11 is 0. The lowest BCUT2D eigenvalue weighted by atomic mass is 10.0. The van der Waals surface area contributed by atoms with E-state index in [1.54, 1.807) is 6.07 Å². The van der Waals surface area contributed by atoms with Crippen LogP contribution in [0.25, 0.3) is 0 Å². The fraction of sp³-hybridized carbons (Fsp3) is 0.692. The number of rotatable bonds is 5. The Morgan fingerprint density at radius 2 is 2.29 bits per heavy atom. The topological polar surface area (TPSA) is 55.1 Å². The fourth-order valence-corrected chi connectivity index (χ4v) is 1.73. The third kappa shape index (κ3) is 2.87. The highest BCUT2D eigenvalue weighted by Gasteiger charge is 2.29. The number of hydrogen-bond acceptors (Lipinski definition) is 3. The molecule has 1 aliphatic rings. The minimum Gasteiger partial charge on any atom is -0.360 e. The average molecular weight is 236 g/mol. The van der Waals surface area contributed by atoms with Gasteiger partial charge in [-0.1, -0.05) is 25.4 Å². The van der Waals surface area contributed by atoms with Gasteiger partial charge in [0.15, 0.2) is 5.69 Å². The van der Waals surface area contributed by atoms with Crippen molar-refractivity contribution in [2.45, 2.75) is 52.0 Å². The standard InChI is InChI=1S/C13H20N2O2/c1-4-8(2)9(3)14-13(16)11-7-12(17-15-11)10-5-6-10/h7-10H,4-6H2,1-3H3,(H,14,16)/t8-,9-/m0/s1. The van der Waals surface area contributed by atoms with Crippen molar-refractivity contribution in [1.82, 2.24) is 10.5 Å². The van der Waals surface area contributed by atoms with Gasteiger partial charge in [-0.15, -0.1) is 0 Å². The molecule has 94 valence electrons. The first-order chi connectivity index (χ1) is 8.11. The van der Waals surface area contributed by atoms with E-state index in [9.17, 15) is 4.79 Å². The minimum absolute atomic E-state index is 0.131. The van der Waals surface area contributed by atoms with Gasteiger partial charge in [-0.05, 0) is 25.7 Å². The zero-order chi connectivity index (χ0) is 12.4. The lowest BCUT2D eigenvalue weighted by molar-refractivity contribution is 0.0919. The van der Waals surface area contributed by atoms with Crippen LogP contribution >= 0.6 is 0 Å². The molecule has 4 heteroatoms. The van der Waals surface area contributed by atoms with Gasteiger partial charge < -0.3 is 9.84 Å². The van der Waals surface area contributed by atoms with Crippen molar-refractivity contribution in [3.63, 3.8) is 0 Å². The molecule has 2 atom stereocenters. The molecule has 1 aromatic rings. The molecule has 0 radical (unpaired) electrons. The van der Waals surface area contributed by atoms with Crippen LogP contribution in [0.2, 0.25) is 0 Å². The maximum atomic E-state index is 11.9. The predicted molar refractivity (Wildman–Crippen MR) is 64.9 cm³/mol. The molecule has 1 aliphatic carbocycles. The third-order valence-corrected chi connectivity index (χ3v) is 3.60. The number of hydrogen-bond donors (Lipinski definition) is 1. The van der Waals surface area contributed by atoms with E-state index in [0.29, 0.717) is 17.5 Å². The maximum Gasteiger partial charge on any atom is 0.273 e. The first-order valence-electron chi connectivity index (χ1n) is 6.39. The molecule has 4 nitrogen and oxygen atoms in total. The SMILES string of the molecule is CC[C@H](C)[C@H](C)NC(=O)c1cc(C2CC2)on1. The number of nitrogens with one attached hydrogen (secondary N) is 1. The summed E-state index contributed by atoms with van der Waals surface area (Å²) in [5.74, 6) is 1.68. The Balaban J connectivity index is 1.94. The summed E-state index contributed by atoms with van der Waals surface area (Å²) in [5, 5.41) is 6.79. The highest BCUT2D eigenvalue weighted by atomic mass is 16.5. The molecule has 1 aromatic heterocycles. The number of amides is 1. The van der Waals surface area contributed by atoms with Crippen molar-refractivity contribution in [3.8, 4) is 0 Å². The second kappa shape index (κ2) is 4.90. The van der Waals surface area contributed by atoms with Crippen LogP contribution in [0.4, 0.5) is 0 Å². The van der Waals surface area contributed by atoms with Crippen molar-refractivity contribution in [1.29, 1.82) is 0 Å². The molecule has 0 unspecified atom stereocenters. The lowest BCUT2D eigenvalue weighted by Crippen LogP contribution is -2.37. The zero-order valence-corrected chi connectivity index (χ0v) is 10.7. The minimum atomic E-state index is -0.131. The third-order valence-electron chi connectivity index (χ3n) is 3.60. The van der Waals surface area contributed by atoms with Crippen LogP contribution in [-0.2, 0) is 0 Å². The molecule has 1 heterocycles. The van der Waals surface area contributed by atoms with E-state index in [2.05, 4.69) is 24.3 Å². The first-order valence-corrected chi connectivity index (χ1v) is 6.39. The molecule has 1 saturated carbocycles. The van der Waals surface area contributed by atoms with Crippen LogP contribution in [0.3, 0.4) is 0 Å². The van der Waals surface area contributed by atoms with Gasteiger partial charge in [-0.3, -0.25) is 4.79 Å². The molecule has 1 fully saturated rings. The van der Waals surface area contributed by atoms with Crippen LogP contribution in [0.5, 0.6) is 0 Å². The Bertz CT molecular complexity index is 396. The van der Waals surface area contributed by atoms with Crippen molar-refractivity contribution in [2.24, 2.45) is 5.92 Å². The quantitative estimate of drug-likeness (QED) is 0.855. The Morgan fingerprint density at radius 1 is 1.59 bits per heavy atom. The van der Waals surface area contributed by atoms with E-state index in [0.717, 1.165) is 25.0 Å². The molecular weight excluding hydrogens is 216 g/mol. The van der Waals surface area contributed by atoms with Gasteiger partial charge in [-0.25, -0.2) is 0 Å². The fourth-order valence-electron chi connectivity index (χ4n) is 1.73. The Morgan fingerprint density at radius 3 is 2.88 bits per heavy atom. The summed E-state index contributed by atoms with van der Waals surface area (Å²) in [5.41, 5.74) is 0.405. The summed E-state index contributed by atoms with van der Waals surface area (Å²) in [6.45, 7) is 6.27. The first kappa shape index (κ1) is 12.1. The normalized spacial score (nSPS) is 18.8. The van der Waals surface area contributed by atoms with Gasteiger partial charge in [0.25, 0.3) is 5.91 Å². The number of carbonyl (C=O) groups excluding carboxylic acids is 1. The molecule has 0 aliphatic heterocycles. The van der Waals surface area contributed by atoms with Crippen molar-refractivity contribution < 1.29 is 9.32 Å². The summed E-state index contributed by atoms with van der Waals surface area (Å²) < 4.78 is 5.17. The van der Waals surface area contributed by atoms with E-state index in [4.69, 9.17) is 4.52 Å². The van der Waals surface area contributed by atoms with Gasteiger partial charge in [0.1, 0.15) is 5.76 Å². The smallest absolute Gasteiger partial charge is 0.273 e. The monoisotopic (exact) mass is 236 g/mol. The van der Waals surface area contributed by atoms with Crippen LogP contribution < -0.4 is 5.32 Å². The molecule has 0 bridgehead atoms. The molecule has 1 amide bonds. The summed E-state index contributed by atoms with van der Waals surface area (Å²) in [4.78, 5) is 11.9. The van der Waals surface area contributed by atoms with Crippen molar-refractivity contribution in [2.75, 3.05) is 0 Å². The summed E-state index contributed by atoms with van der Waals surface area (Å²) in [7, 11) is 0. The van der Waals surface area contributed by atoms with Crippen LogP contribution in [0.15, 0.2) is 10.6 Å². The van der Waals surface area contributed by atoms with Gasteiger partial charge in [-0.2, -0.15) is 0 Å². The molecule has 17 heavy (non-hydrogen) atoms. The van der Waals surface area contributed by atoms with Crippen LogP contribution in [-0.4, -0.2) is 17.1 Å². The molecule has 0 saturated heterocycles. The predicted octanol–water partition coefficient (Wildman–Crippen LogP) is 2.72.